The molecule has 0 saturated carbocycles. The van der Waals surface area contributed by atoms with Gasteiger partial charge >= 0.3 is 0 Å². The van der Waals surface area contributed by atoms with Crippen LogP contribution in [-0.4, -0.2) is 72.7 Å². The van der Waals surface area contributed by atoms with Gasteiger partial charge in [-0.3, -0.25) is 5.43 Å². The second kappa shape index (κ2) is 8.52. The highest BCUT2D eigenvalue weighted by atomic mass is 16.5. The van der Waals surface area contributed by atoms with Gasteiger partial charge in [-0.15, -0.1) is 0 Å². The van der Waals surface area contributed by atoms with Crippen LogP contribution in [0, 0.1) is 0 Å². The number of aliphatic hydroxyl groups excluding tert-OH is 1. The number of rotatable bonds is 8. The lowest BCUT2D eigenvalue weighted by Gasteiger charge is -2.27. The molecule has 0 amide bonds. The highest BCUT2D eigenvalue weighted by Gasteiger charge is 2.16. The van der Waals surface area contributed by atoms with Crippen LogP contribution in [0.1, 0.15) is 0 Å². The summed E-state index contributed by atoms with van der Waals surface area (Å²) < 4.78 is 10.5. The number of morpholine rings is 1. The maximum Gasteiger partial charge on any atom is 0.243 e. The number of anilines is 3. The number of hydrogen-bond acceptors (Lipinski definition) is 10. The topological polar surface area (TPSA) is 131 Å². The molecule has 1 fully saturated rings. The molecule has 0 radical (unpaired) electrons. The number of ether oxygens (including phenoxy) is 2. The van der Waals surface area contributed by atoms with E-state index in [9.17, 15) is 0 Å². The lowest BCUT2D eigenvalue weighted by Crippen LogP contribution is -2.37. The molecule has 1 aliphatic rings. The van der Waals surface area contributed by atoms with Crippen molar-refractivity contribution < 1.29 is 14.6 Å². The summed E-state index contributed by atoms with van der Waals surface area (Å²) in [4.78, 5) is 14.7. The number of nitrogens with two attached hydrogens (primary N) is 1. The van der Waals surface area contributed by atoms with Crippen LogP contribution in [0.2, 0.25) is 0 Å². The monoisotopic (exact) mass is 299 g/mol. The van der Waals surface area contributed by atoms with E-state index >= 15 is 0 Å². The van der Waals surface area contributed by atoms with Gasteiger partial charge in [-0.05, 0) is 0 Å². The van der Waals surface area contributed by atoms with Crippen molar-refractivity contribution in [3.8, 4) is 0 Å². The molecule has 1 aromatic heterocycles. The summed E-state index contributed by atoms with van der Waals surface area (Å²) in [5.41, 5.74) is 2.43. The first-order valence-electron chi connectivity index (χ1n) is 6.81. The minimum absolute atomic E-state index is 0.00811. The highest BCUT2D eigenvalue weighted by molar-refractivity contribution is 5.43. The number of nitrogen functional groups attached to an aromatic ring is 1. The zero-order valence-electron chi connectivity index (χ0n) is 11.8. The Hall–Kier alpha value is -1.75. The van der Waals surface area contributed by atoms with Crippen molar-refractivity contribution in [1.29, 1.82) is 0 Å². The van der Waals surface area contributed by atoms with Gasteiger partial charge < -0.3 is 24.8 Å². The second-order valence-electron chi connectivity index (χ2n) is 4.29. The van der Waals surface area contributed by atoms with E-state index in [2.05, 4.69) is 25.7 Å². The molecule has 21 heavy (non-hydrogen) atoms. The fourth-order valence-electron chi connectivity index (χ4n) is 1.81. The fourth-order valence-corrected chi connectivity index (χ4v) is 1.81. The summed E-state index contributed by atoms with van der Waals surface area (Å²) in [5, 5.41) is 11.7. The normalized spacial score (nSPS) is 15.0. The predicted octanol–water partition coefficient (Wildman–Crippen LogP) is -1.59. The number of nitrogens with zero attached hydrogens (tertiary/aromatic N) is 4. The van der Waals surface area contributed by atoms with E-state index in [4.69, 9.17) is 20.4 Å². The lowest BCUT2D eigenvalue weighted by atomic mass is 10.4. The first-order valence-corrected chi connectivity index (χ1v) is 6.81. The first-order chi connectivity index (χ1) is 10.3. The van der Waals surface area contributed by atoms with E-state index in [0.717, 1.165) is 13.1 Å². The largest absolute Gasteiger partial charge is 0.394 e. The Labute approximate surface area is 122 Å². The molecule has 0 spiro atoms. The van der Waals surface area contributed by atoms with Crippen LogP contribution in [0.5, 0.6) is 0 Å². The Morgan fingerprint density at radius 3 is 2.67 bits per heavy atom. The SMILES string of the molecule is NNc1nc(NCCOCCO)nc(N2CCOCC2)n1. The quantitative estimate of drug-likeness (QED) is 0.253. The van der Waals surface area contributed by atoms with Crippen LogP contribution in [-0.2, 0) is 9.47 Å². The molecule has 0 aromatic carbocycles. The van der Waals surface area contributed by atoms with Gasteiger partial charge in [0.05, 0.1) is 33.0 Å². The van der Waals surface area contributed by atoms with Crippen molar-refractivity contribution in [2.45, 2.75) is 0 Å². The van der Waals surface area contributed by atoms with Crippen LogP contribution in [0.25, 0.3) is 0 Å². The van der Waals surface area contributed by atoms with Crippen LogP contribution >= 0.6 is 0 Å². The molecule has 10 nitrogen and oxygen atoms in total. The lowest BCUT2D eigenvalue weighted by molar-refractivity contribution is 0.0991. The second-order valence-corrected chi connectivity index (χ2v) is 4.29. The highest BCUT2D eigenvalue weighted by Crippen LogP contribution is 2.14. The fraction of sp³-hybridized carbons (Fsp3) is 0.727. The van der Waals surface area contributed by atoms with Crippen molar-refractivity contribution in [1.82, 2.24) is 15.0 Å². The van der Waals surface area contributed by atoms with Gasteiger partial charge in [0.1, 0.15) is 0 Å². The Kier molecular flexibility index (Phi) is 6.34. The molecule has 0 atom stereocenters. The molecule has 1 aromatic rings. The molecule has 0 aliphatic carbocycles. The summed E-state index contributed by atoms with van der Waals surface area (Å²) in [6.45, 7) is 4.05. The average molecular weight is 299 g/mol. The molecule has 0 unspecified atom stereocenters. The van der Waals surface area contributed by atoms with Gasteiger partial charge in [0.2, 0.25) is 17.8 Å². The third-order valence-corrected chi connectivity index (χ3v) is 2.81. The third-order valence-electron chi connectivity index (χ3n) is 2.81. The van der Waals surface area contributed by atoms with E-state index in [1.54, 1.807) is 0 Å². The zero-order chi connectivity index (χ0) is 14.9. The van der Waals surface area contributed by atoms with Crippen LogP contribution < -0.4 is 21.5 Å². The summed E-state index contributed by atoms with van der Waals surface area (Å²) in [6, 6.07) is 0. The molecule has 0 bridgehead atoms. The van der Waals surface area contributed by atoms with Gasteiger partial charge in [-0.1, -0.05) is 0 Å². The zero-order valence-corrected chi connectivity index (χ0v) is 11.8. The van der Waals surface area contributed by atoms with Gasteiger partial charge in [0.25, 0.3) is 0 Å². The molecule has 1 aliphatic heterocycles. The average Bonchev–Trinajstić information content (AvgIpc) is 2.55. The van der Waals surface area contributed by atoms with E-state index in [0.29, 0.717) is 50.8 Å². The van der Waals surface area contributed by atoms with Crippen molar-refractivity contribution >= 4 is 17.8 Å². The standard InChI is InChI=1S/C11H21N7O3/c12-17-10-14-9(13-1-5-20-8-4-19)15-11(16-10)18-2-6-21-7-3-18/h19H,1-8,12H2,(H2,13,14,15,16,17). The maximum absolute atomic E-state index is 8.62. The van der Waals surface area contributed by atoms with E-state index in [1.807, 2.05) is 4.90 Å². The van der Waals surface area contributed by atoms with Crippen LogP contribution in [0.4, 0.5) is 17.8 Å². The number of hydrogen-bond donors (Lipinski definition) is 4. The van der Waals surface area contributed by atoms with Crippen LogP contribution in [0.15, 0.2) is 0 Å². The minimum atomic E-state index is 0.00811. The van der Waals surface area contributed by atoms with Crippen molar-refractivity contribution in [3.05, 3.63) is 0 Å². The number of nitrogens with one attached hydrogen (secondary N) is 2. The Morgan fingerprint density at radius 1 is 1.19 bits per heavy atom. The number of aliphatic hydroxyl groups is 1. The van der Waals surface area contributed by atoms with Gasteiger partial charge in [-0.2, -0.15) is 15.0 Å². The molecule has 10 heteroatoms. The molecule has 1 saturated heterocycles. The van der Waals surface area contributed by atoms with Gasteiger partial charge in [0.15, 0.2) is 0 Å². The molecular weight excluding hydrogens is 278 g/mol. The van der Waals surface area contributed by atoms with Crippen LogP contribution in [0.3, 0.4) is 0 Å². The summed E-state index contributed by atoms with van der Waals surface area (Å²) in [5.74, 6) is 6.66. The minimum Gasteiger partial charge on any atom is -0.394 e. The van der Waals surface area contributed by atoms with Crippen molar-refractivity contribution in [3.63, 3.8) is 0 Å². The van der Waals surface area contributed by atoms with E-state index < -0.39 is 0 Å². The first kappa shape index (κ1) is 15.6. The van der Waals surface area contributed by atoms with Gasteiger partial charge in [-0.25, -0.2) is 5.84 Å². The van der Waals surface area contributed by atoms with E-state index in [1.165, 1.54) is 0 Å². The summed E-state index contributed by atoms with van der Waals surface area (Å²) in [7, 11) is 0. The van der Waals surface area contributed by atoms with Crippen molar-refractivity contribution in [2.75, 3.05) is 68.3 Å². The van der Waals surface area contributed by atoms with Gasteiger partial charge in [0, 0.05) is 19.6 Å². The molecule has 5 N–H and O–H groups in total. The maximum atomic E-state index is 8.62. The summed E-state index contributed by atoms with van der Waals surface area (Å²) >= 11 is 0. The molecule has 2 heterocycles. The smallest absolute Gasteiger partial charge is 0.243 e. The number of aromatic nitrogens is 3. The van der Waals surface area contributed by atoms with Crippen molar-refractivity contribution in [2.24, 2.45) is 5.84 Å². The Morgan fingerprint density at radius 2 is 1.95 bits per heavy atom. The molecular formula is C11H21N7O3. The summed E-state index contributed by atoms with van der Waals surface area (Å²) in [6.07, 6.45) is 0. The number of hydrazine groups is 1. The third kappa shape index (κ3) is 4.93. The van der Waals surface area contributed by atoms with E-state index in [-0.39, 0.29) is 6.61 Å². The molecule has 2 rings (SSSR count). The Balaban J connectivity index is 1.96. The molecule has 118 valence electrons. The predicted molar refractivity (Wildman–Crippen MR) is 77.1 cm³/mol. The Bertz CT molecular complexity index is 428.